The van der Waals surface area contributed by atoms with Crippen LogP contribution in [0.15, 0.2) is 22.6 Å². The number of benzene rings is 1. The topological polar surface area (TPSA) is 67.2 Å². The minimum absolute atomic E-state index is 0. The van der Waals surface area contributed by atoms with Crippen molar-refractivity contribution in [2.75, 3.05) is 18.9 Å². The van der Waals surface area contributed by atoms with E-state index in [4.69, 9.17) is 4.42 Å². The molecule has 1 heterocycles. The maximum atomic E-state index is 11.3. The molecule has 1 amide bonds. The molecule has 17 heavy (non-hydrogen) atoms. The van der Waals surface area contributed by atoms with E-state index in [1.54, 1.807) is 26.1 Å². The molecular formula is C11H14ClN3O2. The first kappa shape index (κ1) is 13.5. The van der Waals surface area contributed by atoms with Crippen molar-refractivity contribution in [1.82, 2.24) is 10.3 Å². The fourth-order valence-corrected chi connectivity index (χ4v) is 1.48. The van der Waals surface area contributed by atoms with Gasteiger partial charge in [0.2, 0.25) is 5.91 Å². The Kier molecular flexibility index (Phi) is 4.48. The Morgan fingerprint density at radius 1 is 1.47 bits per heavy atom. The number of likely N-dealkylation sites (N-methyl/N-ethyl adjacent to an activating group) is 1. The summed E-state index contributed by atoms with van der Waals surface area (Å²) in [5, 5.41) is 5.54. The van der Waals surface area contributed by atoms with Crippen molar-refractivity contribution in [3.05, 3.63) is 24.1 Å². The highest BCUT2D eigenvalue weighted by Crippen LogP contribution is 2.19. The van der Waals surface area contributed by atoms with Crippen LogP contribution >= 0.6 is 12.4 Å². The lowest BCUT2D eigenvalue weighted by molar-refractivity contribution is -0.115. The Labute approximate surface area is 105 Å². The molecule has 0 bridgehead atoms. The van der Waals surface area contributed by atoms with Crippen LogP contribution in [0.4, 0.5) is 5.69 Å². The van der Waals surface area contributed by atoms with Crippen LogP contribution in [0.25, 0.3) is 11.1 Å². The molecule has 2 rings (SSSR count). The van der Waals surface area contributed by atoms with Crippen LogP contribution in [0.3, 0.4) is 0 Å². The number of anilines is 1. The molecule has 1 aromatic heterocycles. The van der Waals surface area contributed by atoms with E-state index in [0.717, 1.165) is 5.52 Å². The number of oxazole rings is 1. The molecule has 5 nitrogen and oxygen atoms in total. The van der Waals surface area contributed by atoms with E-state index < -0.39 is 0 Å². The second kappa shape index (κ2) is 5.65. The van der Waals surface area contributed by atoms with Crippen molar-refractivity contribution in [2.45, 2.75) is 6.92 Å². The molecule has 0 aliphatic rings. The molecule has 2 aromatic rings. The number of rotatable bonds is 3. The summed E-state index contributed by atoms with van der Waals surface area (Å²) in [5.41, 5.74) is 2.19. The third-order valence-corrected chi connectivity index (χ3v) is 2.12. The zero-order valence-corrected chi connectivity index (χ0v) is 10.4. The number of amides is 1. The smallest absolute Gasteiger partial charge is 0.238 e. The largest absolute Gasteiger partial charge is 0.441 e. The summed E-state index contributed by atoms with van der Waals surface area (Å²) in [4.78, 5) is 15.5. The first-order chi connectivity index (χ1) is 7.69. The standard InChI is InChI=1S/C11H13N3O2.ClH/c1-7-13-9-4-3-8(5-10(9)16-7)14-11(15)6-12-2;/h3-5,12H,6H2,1-2H3,(H,14,15);1H. The van der Waals surface area contributed by atoms with Gasteiger partial charge in [0.1, 0.15) is 5.52 Å². The maximum Gasteiger partial charge on any atom is 0.238 e. The van der Waals surface area contributed by atoms with Crippen LogP contribution in [0.2, 0.25) is 0 Å². The van der Waals surface area contributed by atoms with E-state index in [9.17, 15) is 4.79 Å². The van der Waals surface area contributed by atoms with Gasteiger partial charge in [-0.1, -0.05) is 0 Å². The maximum absolute atomic E-state index is 11.3. The molecule has 0 saturated carbocycles. The van der Waals surface area contributed by atoms with E-state index in [2.05, 4.69) is 15.6 Å². The summed E-state index contributed by atoms with van der Waals surface area (Å²) < 4.78 is 5.37. The van der Waals surface area contributed by atoms with Crippen molar-refractivity contribution >= 4 is 35.1 Å². The number of nitrogens with zero attached hydrogens (tertiary/aromatic N) is 1. The van der Waals surface area contributed by atoms with Crippen molar-refractivity contribution in [2.24, 2.45) is 0 Å². The van der Waals surface area contributed by atoms with Crippen molar-refractivity contribution in [3.63, 3.8) is 0 Å². The van der Waals surface area contributed by atoms with Crippen LogP contribution in [-0.2, 0) is 4.79 Å². The van der Waals surface area contributed by atoms with E-state index in [0.29, 0.717) is 17.2 Å². The van der Waals surface area contributed by atoms with Gasteiger partial charge in [0, 0.05) is 18.7 Å². The Balaban J connectivity index is 0.00000144. The first-order valence-electron chi connectivity index (χ1n) is 5.00. The SMILES string of the molecule is CNCC(=O)Nc1ccc2nc(C)oc2c1.Cl. The molecule has 0 atom stereocenters. The molecule has 1 aromatic carbocycles. The second-order valence-corrected chi connectivity index (χ2v) is 3.49. The molecule has 0 fully saturated rings. The van der Waals surface area contributed by atoms with Gasteiger partial charge in [-0.2, -0.15) is 0 Å². The van der Waals surface area contributed by atoms with Crippen molar-refractivity contribution < 1.29 is 9.21 Å². The first-order valence-corrected chi connectivity index (χ1v) is 5.00. The average Bonchev–Trinajstić information content (AvgIpc) is 2.57. The number of carbonyl (C=O) groups excluding carboxylic acids is 1. The zero-order valence-electron chi connectivity index (χ0n) is 9.61. The summed E-state index contributed by atoms with van der Waals surface area (Å²) in [5.74, 6) is 0.534. The number of halogens is 1. The normalized spacial score (nSPS) is 10.0. The molecule has 2 N–H and O–H groups in total. The molecule has 0 aliphatic heterocycles. The van der Waals surface area contributed by atoms with Crippen LogP contribution in [-0.4, -0.2) is 24.5 Å². The summed E-state index contributed by atoms with van der Waals surface area (Å²) in [6, 6.07) is 5.39. The third-order valence-electron chi connectivity index (χ3n) is 2.12. The predicted octanol–water partition coefficient (Wildman–Crippen LogP) is 1.72. The molecule has 6 heteroatoms. The second-order valence-electron chi connectivity index (χ2n) is 3.49. The molecule has 0 unspecified atom stereocenters. The number of fused-ring (bicyclic) bond motifs is 1. The number of nitrogens with one attached hydrogen (secondary N) is 2. The van der Waals surface area contributed by atoms with Gasteiger partial charge in [-0.3, -0.25) is 4.79 Å². The highest BCUT2D eigenvalue weighted by Gasteiger charge is 2.05. The van der Waals surface area contributed by atoms with Gasteiger partial charge in [0.15, 0.2) is 11.5 Å². The number of hydrogen-bond donors (Lipinski definition) is 2. The lowest BCUT2D eigenvalue weighted by atomic mass is 10.3. The van der Waals surface area contributed by atoms with Gasteiger partial charge in [-0.15, -0.1) is 12.4 Å². The minimum Gasteiger partial charge on any atom is -0.441 e. The highest BCUT2D eigenvalue weighted by molar-refractivity contribution is 5.93. The molecular weight excluding hydrogens is 242 g/mol. The predicted molar refractivity (Wildman–Crippen MR) is 68.6 cm³/mol. The summed E-state index contributed by atoms with van der Waals surface area (Å²) in [6.07, 6.45) is 0. The van der Waals surface area contributed by atoms with Gasteiger partial charge in [-0.05, 0) is 19.2 Å². The van der Waals surface area contributed by atoms with Gasteiger partial charge in [-0.25, -0.2) is 4.98 Å². The summed E-state index contributed by atoms with van der Waals surface area (Å²) in [6.45, 7) is 2.08. The molecule has 0 spiro atoms. The van der Waals surface area contributed by atoms with E-state index >= 15 is 0 Å². The highest BCUT2D eigenvalue weighted by atomic mass is 35.5. The lowest BCUT2D eigenvalue weighted by Crippen LogP contribution is -2.24. The zero-order chi connectivity index (χ0) is 11.5. The minimum atomic E-state index is -0.0851. The van der Waals surface area contributed by atoms with Gasteiger partial charge in [0.25, 0.3) is 0 Å². The monoisotopic (exact) mass is 255 g/mol. The Morgan fingerprint density at radius 2 is 2.24 bits per heavy atom. The van der Waals surface area contributed by atoms with E-state index in [-0.39, 0.29) is 24.9 Å². The summed E-state index contributed by atoms with van der Waals surface area (Å²) >= 11 is 0. The van der Waals surface area contributed by atoms with E-state index in [1.807, 2.05) is 6.07 Å². The van der Waals surface area contributed by atoms with Crippen molar-refractivity contribution in [3.8, 4) is 0 Å². The quantitative estimate of drug-likeness (QED) is 0.876. The molecule has 0 radical (unpaired) electrons. The molecule has 92 valence electrons. The van der Waals surface area contributed by atoms with Crippen LogP contribution in [0.1, 0.15) is 5.89 Å². The van der Waals surface area contributed by atoms with Gasteiger partial charge in [0.05, 0.1) is 6.54 Å². The average molecular weight is 256 g/mol. The van der Waals surface area contributed by atoms with Gasteiger partial charge < -0.3 is 15.1 Å². The number of aryl methyl sites for hydroxylation is 1. The van der Waals surface area contributed by atoms with E-state index in [1.165, 1.54) is 0 Å². The molecule has 0 saturated heterocycles. The van der Waals surface area contributed by atoms with Crippen LogP contribution < -0.4 is 10.6 Å². The van der Waals surface area contributed by atoms with Gasteiger partial charge >= 0.3 is 0 Å². The lowest BCUT2D eigenvalue weighted by Gasteiger charge is -2.03. The Bertz CT molecular complexity index is 524. The third kappa shape index (κ3) is 3.18. The molecule has 0 aliphatic carbocycles. The number of aromatic nitrogens is 1. The number of carbonyl (C=O) groups is 1. The fourth-order valence-electron chi connectivity index (χ4n) is 1.48. The summed E-state index contributed by atoms with van der Waals surface area (Å²) in [7, 11) is 1.72. The fraction of sp³-hybridized carbons (Fsp3) is 0.273. The Morgan fingerprint density at radius 3 is 2.94 bits per heavy atom. The van der Waals surface area contributed by atoms with Crippen LogP contribution in [0.5, 0.6) is 0 Å². The van der Waals surface area contributed by atoms with Crippen molar-refractivity contribution in [1.29, 1.82) is 0 Å². The van der Waals surface area contributed by atoms with Crippen LogP contribution in [0, 0.1) is 6.92 Å². The Hall–Kier alpha value is -1.59. The number of hydrogen-bond acceptors (Lipinski definition) is 4.